The summed E-state index contributed by atoms with van der Waals surface area (Å²) in [5.74, 6) is 0.505. The summed E-state index contributed by atoms with van der Waals surface area (Å²) in [7, 11) is -3.37. The van der Waals surface area contributed by atoms with Crippen molar-refractivity contribution in [2.24, 2.45) is 5.92 Å². The average Bonchev–Trinajstić information content (AvgIpc) is 2.63. The molecule has 90 valence electrons. The molecule has 2 N–H and O–H groups in total. The number of rotatable bonds is 5. The van der Waals surface area contributed by atoms with Gasteiger partial charge in [-0.15, -0.1) is 11.3 Å². The quantitative estimate of drug-likeness (QED) is 0.840. The maximum absolute atomic E-state index is 11.8. The predicted molar refractivity (Wildman–Crippen MR) is 62.8 cm³/mol. The molecule has 0 saturated heterocycles. The molecule has 0 unspecified atom stereocenters. The Morgan fingerprint density at radius 1 is 1.50 bits per heavy atom. The molecule has 0 amide bonds. The SMILES string of the molecule is O=S(=O)(NCC1CCC1)c1csc(CO)c1. The Hall–Kier alpha value is -0.430. The number of hydrogen-bond donors (Lipinski definition) is 2. The Kier molecular flexibility index (Phi) is 3.63. The van der Waals surface area contributed by atoms with Crippen LogP contribution >= 0.6 is 11.3 Å². The standard InChI is InChI=1S/C10H15NO3S2/c12-6-9-4-10(7-15-9)16(13,14)11-5-8-2-1-3-8/h4,7-8,11-12H,1-3,5-6H2. The molecule has 6 heteroatoms. The fraction of sp³-hybridized carbons (Fsp3) is 0.600. The Balaban J connectivity index is 1.99. The van der Waals surface area contributed by atoms with Gasteiger partial charge in [-0.25, -0.2) is 13.1 Å². The van der Waals surface area contributed by atoms with Gasteiger partial charge in [0.25, 0.3) is 0 Å². The zero-order chi connectivity index (χ0) is 11.6. The van der Waals surface area contributed by atoms with Gasteiger partial charge >= 0.3 is 0 Å². The monoisotopic (exact) mass is 261 g/mol. The van der Waals surface area contributed by atoms with Crippen molar-refractivity contribution in [2.75, 3.05) is 6.54 Å². The lowest BCUT2D eigenvalue weighted by molar-refractivity contribution is 0.285. The summed E-state index contributed by atoms with van der Waals surface area (Å²) in [5, 5.41) is 10.4. The van der Waals surface area contributed by atoms with Crippen LogP contribution in [0, 0.1) is 5.92 Å². The largest absolute Gasteiger partial charge is 0.391 e. The number of nitrogens with one attached hydrogen (secondary N) is 1. The van der Waals surface area contributed by atoms with E-state index in [0.29, 0.717) is 17.3 Å². The van der Waals surface area contributed by atoms with Crippen LogP contribution in [-0.2, 0) is 16.6 Å². The summed E-state index contributed by atoms with van der Waals surface area (Å²) in [6.07, 6.45) is 3.45. The molecule has 4 nitrogen and oxygen atoms in total. The van der Waals surface area contributed by atoms with Crippen molar-refractivity contribution in [2.45, 2.75) is 30.8 Å². The molecule has 0 atom stereocenters. The minimum absolute atomic E-state index is 0.108. The lowest BCUT2D eigenvalue weighted by Gasteiger charge is -2.25. The number of aliphatic hydroxyl groups is 1. The first kappa shape index (κ1) is 12.0. The molecule has 0 aromatic carbocycles. The summed E-state index contributed by atoms with van der Waals surface area (Å²) in [6.45, 7) is 0.426. The molecule has 0 bridgehead atoms. The molecule has 2 rings (SSSR count). The van der Waals surface area contributed by atoms with Crippen LogP contribution in [0.15, 0.2) is 16.3 Å². The van der Waals surface area contributed by atoms with Gasteiger partial charge in [0, 0.05) is 16.8 Å². The van der Waals surface area contributed by atoms with Gasteiger partial charge in [0.1, 0.15) is 0 Å². The summed E-state index contributed by atoms with van der Waals surface area (Å²) < 4.78 is 26.3. The second kappa shape index (κ2) is 4.83. The van der Waals surface area contributed by atoms with Crippen LogP contribution in [0.3, 0.4) is 0 Å². The van der Waals surface area contributed by atoms with E-state index in [1.165, 1.54) is 23.8 Å². The highest BCUT2D eigenvalue weighted by Crippen LogP contribution is 2.26. The van der Waals surface area contributed by atoms with Crippen molar-refractivity contribution in [1.82, 2.24) is 4.72 Å². The third kappa shape index (κ3) is 2.63. The fourth-order valence-electron chi connectivity index (χ4n) is 1.59. The molecular formula is C10H15NO3S2. The highest BCUT2D eigenvalue weighted by molar-refractivity contribution is 7.89. The molecule has 1 aromatic rings. The number of aliphatic hydroxyl groups excluding tert-OH is 1. The van der Waals surface area contributed by atoms with E-state index in [2.05, 4.69) is 4.72 Å². The first-order valence-corrected chi connectivity index (χ1v) is 7.66. The molecule has 1 aliphatic carbocycles. The highest BCUT2D eigenvalue weighted by Gasteiger charge is 2.21. The van der Waals surface area contributed by atoms with Gasteiger partial charge in [0.15, 0.2) is 0 Å². The Morgan fingerprint density at radius 3 is 2.75 bits per heavy atom. The van der Waals surface area contributed by atoms with Crippen LogP contribution in [0.5, 0.6) is 0 Å². The number of thiophene rings is 1. The molecule has 1 heterocycles. The smallest absolute Gasteiger partial charge is 0.241 e. The van der Waals surface area contributed by atoms with Crippen molar-refractivity contribution >= 4 is 21.4 Å². The topological polar surface area (TPSA) is 66.4 Å². The molecular weight excluding hydrogens is 246 g/mol. The van der Waals surface area contributed by atoms with Crippen molar-refractivity contribution < 1.29 is 13.5 Å². The van der Waals surface area contributed by atoms with E-state index in [4.69, 9.17) is 5.11 Å². The van der Waals surface area contributed by atoms with E-state index in [9.17, 15) is 8.42 Å². The maximum Gasteiger partial charge on any atom is 0.241 e. The zero-order valence-corrected chi connectivity index (χ0v) is 10.5. The normalized spacial score (nSPS) is 17.3. The summed E-state index contributed by atoms with van der Waals surface area (Å²) in [6, 6.07) is 1.52. The first-order chi connectivity index (χ1) is 7.62. The number of hydrogen-bond acceptors (Lipinski definition) is 4. The number of sulfonamides is 1. The molecule has 0 aliphatic heterocycles. The van der Waals surface area contributed by atoms with Gasteiger partial charge in [0.2, 0.25) is 10.0 Å². The van der Waals surface area contributed by atoms with Crippen LogP contribution in [0.4, 0.5) is 0 Å². The third-order valence-corrected chi connectivity index (χ3v) is 5.36. The van der Waals surface area contributed by atoms with Crippen LogP contribution in [0.25, 0.3) is 0 Å². The molecule has 1 aromatic heterocycles. The minimum Gasteiger partial charge on any atom is -0.391 e. The van der Waals surface area contributed by atoms with Crippen LogP contribution in [0.2, 0.25) is 0 Å². The molecule has 16 heavy (non-hydrogen) atoms. The second-order valence-electron chi connectivity index (χ2n) is 4.06. The van der Waals surface area contributed by atoms with Crippen molar-refractivity contribution in [3.63, 3.8) is 0 Å². The first-order valence-electron chi connectivity index (χ1n) is 5.30. The van der Waals surface area contributed by atoms with Crippen molar-refractivity contribution in [1.29, 1.82) is 0 Å². The van der Waals surface area contributed by atoms with Crippen LogP contribution in [0.1, 0.15) is 24.1 Å². The minimum atomic E-state index is -3.37. The lowest BCUT2D eigenvalue weighted by Crippen LogP contribution is -2.32. The van der Waals surface area contributed by atoms with Crippen molar-refractivity contribution in [3.05, 3.63) is 16.3 Å². The lowest BCUT2D eigenvalue weighted by atomic mass is 9.86. The predicted octanol–water partition coefficient (Wildman–Crippen LogP) is 1.32. The van der Waals surface area contributed by atoms with E-state index >= 15 is 0 Å². The maximum atomic E-state index is 11.8. The third-order valence-electron chi connectivity index (χ3n) is 2.88. The van der Waals surface area contributed by atoms with E-state index in [1.54, 1.807) is 5.38 Å². The summed E-state index contributed by atoms with van der Waals surface area (Å²) >= 11 is 1.26. The molecule has 1 aliphatic rings. The van der Waals surface area contributed by atoms with Crippen LogP contribution < -0.4 is 4.72 Å². The summed E-state index contributed by atoms with van der Waals surface area (Å²) in [4.78, 5) is 0.935. The van der Waals surface area contributed by atoms with Gasteiger partial charge in [-0.1, -0.05) is 6.42 Å². The van der Waals surface area contributed by atoms with E-state index < -0.39 is 10.0 Å². The van der Waals surface area contributed by atoms with Gasteiger partial charge in [-0.2, -0.15) is 0 Å². The Morgan fingerprint density at radius 2 is 2.25 bits per heavy atom. The van der Waals surface area contributed by atoms with Gasteiger partial charge in [-0.05, 0) is 24.8 Å². The highest BCUT2D eigenvalue weighted by atomic mass is 32.2. The summed E-state index contributed by atoms with van der Waals surface area (Å²) in [5.41, 5.74) is 0. The van der Waals surface area contributed by atoms with Gasteiger partial charge < -0.3 is 5.11 Å². The van der Waals surface area contributed by atoms with E-state index in [1.807, 2.05) is 0 Å². The Bertz CT molecular complexity index is 448. The second-order valence-corrected chi connectivity index (χ2v) is 6.82. The van der Waals surface area contributed by atoms with Crippen LogP contribution in [-0.4, -0.2) is 20.1 Å². The zero-order valence-electron chi connectivity index (χ0n) is 8.85. The van der Waals surface area contributed by atoms with Gasteiger partial charge in [0.05, 0.1) is 11.5 Å². The molecule has 1 saturated carbocycles. The van der Waals surface area contributed by atoms with E-state index in [-0.39, 0.29) is 11.5 Å². The van der Waals surface area contributed by atoms with E-state index in [0.717, 1.165) is 12.8 Å². The van der Waals surface area contributed by atoms with Gasteiger partial charge in [-0.3, -0.25) is 0 Å². The average molecular weight is 261 g/mol. The molecule has 0 radical (unpaired) electrons. The van der Waals surface area contributed by atoms with Crippen molar-refractivity contribution in [3.8, 4) is 0 Å². The fourth-order valence-corrected chi connectivity index (χ4v) is 3.84. The molecule has 0 spiro atoms. The Labute approximate surface area is 99.4 Å². The molecule has 1 fully saturated rings.